The monoisotopic (exact) mass is 239 g/mol. The van der Waals surface area contributed by atoms with Crippen LogP contribution in [0.2, 0.25) is 0 Å². The Morgan fingerprint density at radius 3 is 2.88 bits per heavy atom. The van der Waals surface area contributed by atoms with Crippen LogP contribution in [0.4, 0.5) is 5.82 Å². The van der Waals surface area contributed by atoms with Gasteiger partial charge in [0.05, 0.1) is 12.7 Å². The zero-order valence-corrected chi connectivity index (χ0v) is 10.8. The Bertz CT molecular complexity index is 333. The normalized spacial score (nSPS) is 12.5. The van der Waals surface area contributed by atoms with Gasteiger partial charge in [-0.2, -0.15) is 0 Å². The molecule has 0 amide bonds. The van der Waals surface area contributed by atoms with Gasteiger partial charge in [-0.1, -0.05) is 13.3 Å². The summed E-state index contributed by atoms with van der Waals surface area (Å²) in [6.07, 6.45) is 3.07. The number of aryl methyl sites for hydroxylation is 1. The SMILES string of the molecule is CCCc1cc(N(C)CC(O)COC)ncn1. The lowest BCUT2D eigenvalue weighted by molar-refractivity contribution is 0.0694. The molecule has 96 valence electrons. The second kappa shape index (κ2) is 7.19. The molecule has 0 saturated carbocycles. The highest BCUT2D eigenvalue weighted by molar-refractivity contribution is 5.37. The summed E-state index contributed by atoms with van der Waals surface area (Å²) in [7, 11) is 3.48. The van der Waals surface area contributed by atoms with Gasteiger partial charge < -0.3 is 14.7 Å². The minimum absolute atomic E-state index is 0.331. The summed E-state index contributed by atoms with van der Waals surface area (Å²) in [5.74, 6) is 0.832. The Kier molecular flexibility index (Phi) is 5.86. The average molecular weight is 239 g/mol. The maximum atomic E-state index is 9.64. The molecule has 1 rings (SSSR count). The molecule has 0 radical (unpaired) electrons. The largest absolute Gasteiger partial charge is 0.389 e. The minimum Gasteiger partial charge on any atom is -0.389 e. The molecule has 0 fully saturated rings. The number of hydrogen-bond donors (Lipinski definition) is 1. The lowest BCUT2D eigenvalue weighted by Gasteiger charge is -2.21. The summed E-state index contributed by atoms with van der Waals surface area (Å²) in [5.41, 5.74) is 1.03. The number of methoxy groups -OCH3 is 1. The summed E-state index contributed by atoms with van der Waals surface area (Å²) >= 11 is 0. The first kappa shape index (κ1) is 13.9. The fourth-order valence-corrected chi connectivity index (χ4v) is 1.64. The van der Waals surface area contributed by atoms with Crippen molar-refractivity contribution in [3.8, 4) is 0 Å². The molecule has 0 saturated heterocycles. The maximum absolute atomic E-state index is 9.64. The van der Waals surface area contributed by atoms with E-state index in [1.165, 1.54) is 0 Å². The highest BCUT2D eigenvalue weighted by Crippen LogP contribution is 2.10. The molecule has 0 spiro atoms. The lowest BCUT2D eigenvalue weighted by Crippen LogP contribution is -2.32. The summed E-state index contributed by atoms with van der Waals surface area (Å²) in [6.45, 7) is 2.95. The summed E-state index contributed by atoms with van der Waals surface area (Å²) in [6, 6.07) is 1.96. The van der Waals surface area contributed by atoms with Crippen molar-refractivity contribution < 1.29 is 9.84 Å². The van der Waals surface area contributed by atoms with Crippen LogP contribution in [-0.4, -0.2) is 48.5 Å². The Morgan fingerprint density at radius 1 is 1.47 bits per heavy atom. The highest BCUT2D eigenvalue weighted by Gasteiger charge is 2.10. The predicted octanol–water partition coefficient (Wildman–Crippen LogP) is 0.873. The van der Waals surface area contributed by atoms with Crippen molar-refractivity contribution in [2.75, 3.05) is 32.2 Å². The molecule has 1 unspecified atom stereocenters. The molecule has 1 heterocycles. The van der Waals surface area contributed by atoms with Crippen LogP contribution in [0.3, 0.4) is 0 Å². The number of rotatable bonds is 7. The van der Waals surface area contributed by atoms with Crippen molar-refractivity contribution in [2.24, 2.45) is 0 Å². The van der Waals surface area contributed by atoms with Gasteiger partial charge in [0.2, 0.25) is 0 Å². The van der Waals surface area contributed by atoms with Crippen LogP contribution >= 0.6 is 0 Å². The van der Waals surface area contributed by atoms with Gasteiger partial charge in [-0.25, -0.2) is 9.97 Å². The third-order valence-electron chi connectivity index (χ3n) is 2.45. The first-order valence-corrected chi connectivity index (χ1v) is 5.86. The minimum atomic E-state index is -0.505. The zero-order chi connectivity index (χ0) is 12.7. The van der Waals surface area contributed by atoms with Crippen molar-refractivity contribution in [1.29, 1.82) is 0 Å². The van der Waals surface area contributed by atoms with E-state index in [0.717, 1.165) is 24.4 Å². The smallest absolute Gasteiger partial charge is 0.132 e. The summed E-state index contributed by atoms with van der Waals surface area (Å²) in [5, 5.41) is 9.64. The van der Waals surface area contributed by atoms with Crippen molar-refractivity contribution in [2.45, 2.75) is 25.9 Å². The number of aromatic nitrogens is 2. The van der Waals surface area contributed by atoms with E-state index in [1.807, 2.05) is 18.0 Å². The Hall–Kier alpha value is -1.20. The van der Waals surface area contributed by atoms with Crippen LogP contribution < -0.4 is 4.90 Å². The highest BCUT2D eigenvalue weighted by atomic mass is 16.5. The van der Waals surface area contributed by atoms with Gasteiger partial charge in [0.25, 0.3) is 0 Å². The van der Waals surface area contributed by atoms with Gasteiger partial charge >= 0.3 is 0 Å². The van der Waals surface area contributed by atoms with Crippen LogP contribution in [0, 0.1) is 0 Å². The number of nitrogens with zero attached hydrogens (tertiary/aromatic N) is 3. The quantitative estimate of drug-likeness (QED) is 0.765. The molecule has 0 aromatic carbocycles. The molecule has 0 aliphatic carbocycles. The van der Waals surface area contributed by atoms with Gasteiger partial charge in [-0.3, -0.25) is 0 Å². The van der Waals surface area contributed by atoms with E-state index in [9.17, 15) is 5.11 Å². The molecule has 0 aliphatic rings. The molecule has 5 nitrogen and oxygen atoms in total. The van der Waals surface area contributed by atoms with Crippen molar-refractivity contribution in [3.63, 3.8) is 0 Å². The first-order valence-electron chi connectivity index (χ1n) is 5.86. The molecule has 1 aromatic rings. The molecule has 1 N–H and O–H groups in total. The van der Waals surface area contributed by atoms with Crippen LogP contribution in [0.25, 0.3) is 0 Å². The van der Waals surface area contributed by atoms with E-state index in [-0.39, 0.29) is 0 Å². The second-order valence-electron chi connectivity index (χ2n) is 4.11. The van der Waals surface area contributed by atoms with Crippen molar-refractivity contribution >= 4 is 5.82 Å². The molecular weight excluding hydrogens is 218 g/mol. The number of ether oxygens (including phenoxy) is 1. The van der Waals surface area contributed by atoms with E-state index in [1.54, 1.807) is 13.4 Å². The third kappa shape index (κ3) is 4.66. The summed E-state index contributed by atoms with van der Waals surface area (Å²) in [4.78, 5) is 10.3. The fourth-order valence-electron chi connectivity index (χ4n) is 1.64. The Morgan fingerprint density at radius 2 is 2.24 bits per heavy atom. The van der Waals surface area contributed by atoms with Crippen molar-refractivity contribution in [1.82, 2.24) is 9.97 Å². The van der Waals surface area contributed by atoms with E-state index >= 15 is 0 Å². The van der Waals surface area contributed by atoms with Gasteiger partial charge in [0.15, 0.2) is 0 Å². The zero-order valence-electron chi connectivity index (χ0n) is 10.8. The molecule has 17 heavy (non-hydrogen) atoms. The number of likely N-dealkylation sites (N-methyl/N-ethyl adjacent to an activating group) is 1. The third-order valence-corrected chi connectivity index (χ3v) is 2.45. The summed E-state index contributed by atoms with van der Waals surface area (Å²) < 4.78 is 4.89. The van der Waals surface area contributed by atoms with Crippen LogP contribution in [0.5, 0.6) is 0 Å². The first-order chi connectivity index (χ1) is 8.17. The standard InChI is InChI=1S/C12H21N3O2/c1-4-5-10-6-12(14-9-13-10)15(2)7-11(16)8-17-3/h6,9,11,16H,4-5,7-8H2,1-3H3. The number of aliphatic hydroxyl groups excluding tert-OH is 1. The van der Waals surface area contributed by atoms with Gasteiger partial charge in [-0.15, -0.1) is 0 Å². The van der Waals surface area contributed by atoms with E-state index in [2.05, 4.69) is 16.9 Å². The predicted molar refractivity (Wildman–Crippen MR) is 67.2 cm³/mol. The fraction of sp³-hybridized carbons (Fsp3) is 0.667. The van der Waals surface area contributed by atoms with Gasteiger partial charge in [-0.05, 0) is 6.42 Å². The molecule has 0 aliphatic heterocycles. The van der Waals surface area contributed by atoms with Crippen LogP contribution in [0.1, 0.15) is 19.0 Å². The number of hydrogen-bond acceptors (Lipinski definition) is 5. The Balaban J connectivity index is 2.61. The number of anilines is 1. The maximum Gasteiger partial charge on any atom is 0.132 e. The molecule has 0 bridgehead atoms. The molecule has 1 aromatic heterocycles. The lowest BCUT2D eigenvalue weighted by atomic mass is 10.2. The van der Waals surface area contributed by atoms with Gasteiger partial charge in [0, 0.05) is 32.5 Å². The van der Waals surface area contributed by atoms with E-state index in [4.69, 9.17) is 4.74 Å². The topological polar surface area (TPSA) is 58.5 Å². The van der Waals surface area contributed by atoms with Gasteiger partial charge in [0.1, 0.15) is 12.1 Å². The Labute approximate surface area is 102 Å². The second-order valence-corrected chi connectivity index (χ2v) is 4.11. The van der Waals surface area contributed by atoms with Crippen LogP contribution in [-0.2, 0) is 11.2 Å². The van der Waals surface area contributed by atoms with Crippen molar-refractivity contribution in [3.05, 3.63) is 18.1 Å². The molecule has 1 atom stereocenters. The molecule has 5 heteroatoms. The molecular formula is C12H21N3O2. The van der Waals surface area contributed by atoms with Crippen LogP contribution in [0.15, 0.2) is 12.4 Å². The number of aliphatic hydroxyl groups is 1. The average Bonchev–Trinajstić information content (AvgIpc) is 2.30. The van der Waals surface area contributed by atoms with E-state index in [0.29, 0.717) is 13.2 Å². The van der Waals surface area contributed by atoms with E-state index < -0.39 is 6.10 Å².